The first-order valence-corrected chi connectivity index (χ1v) is 5.44. The summed E-state index contributed by atoms with van der Waals surface area (Å²) in [5.41, 5.74) is 0. The Morgan fingerprint density at radius 3 is 2.87 bits per heavy atom. The number of ether oxygens (including phenoxy) is 3. The Labute approximate surface area is 89.0 Å². The summed E-state index contributed by atoms with van der Waals surface area (Å²) in [4.78, 5) is 0. The lowest BCUT2D eigenvalue weighted by atomic mass is 9.86. The minimum absolute atomic E-state index is 0.321. The molecule has 1 aliphatic heterocycles. The van der Waals surface area contributed by atoms with Crippen LogP contribution in [0.4, 0.5) is 0 Å². The number of hydrogen-bond donors (Lipinski definition) is 0. The minimum Gasteiger partial charge on any atom is -0.493 e. The Morgan fingerprint density at radius 1 is 1.20 bits per heavy atom. The first kappa shape index (κ1) is 8.89. The lowest BCUT2D eigenvalue weighted by Crippen LogP contribution is -2.19. The molecule has 80 valence electrons. The van der Waals surface area contributed by atoms with Gasteiger partial charge >= 0.3 is 0 Å². The third-order valence-corrected chi connectivity index (χ3v) is 3.05. The van der Waals surface area contributed by atoms with Crippen LogP contribution in [-0.2, 0) is 0 Å². The summed E-state index contributed by atoms with van der Waals surface area (Å²) < 4.78 is 16.2. The third kappa shape index (κ3) is 1.74. The molecular formula is C12H14O3. The smallest absolute Gasteiger partial charge is 0.231 e. The van der Waals surface area contributed by atoms with Crippen molar-refractivity contribution in [3.05, 3.63) is 18.2 Å². The highest BCUT2D eigenvalue weighted by Gasteiger charge is 2.19. The normalized spacial score (nSPS) is 18.7. The van der Waals surface area contributed by atoms with Gasteiger partial charge in [-0.1, -0.05) is 6.42 Å². The monoisotopic (exact) mass is 206 g/mol. The summed E-state index contributed by atoms with van der Waals surface area (Å²) in [6.45, 7) is 1.15. The largest absolute Gasteiger partial charge is 0.493 e. The minimum atomic E-state index is 0.321. The van der Waals surface area contributed by atoms with Crippen molar-refractivity contribution >= 4 is 0 Å². The van der Waals surface area contributed by atoms with Crippen LogP contribution in [0.1, 0.15) is 19.3 Å². The SMILES string of the molecule is c1cc2c(cc1OCC1CCC1)OCO2. The first-order chi connectivity index (χ1) is 7.42. The molecule has 1 aliphatic carbocycles. The van der Waals surface area contributed by atoms with Crippen molar-refractivity contribution in [1.82, 2.24) is 0 Å². The van der Waals surface area contributed by atoms with Crippen LogP contribution >= 0.6 is 0 Å². The zero-order valence-corrected chi connectivity index (χ0v) is 8.57. The second kappa shape index (κ2) is 3.65. The van der Waals surface area contributed by atoms with E-state index in [4.69, 9.17) is 14.2 Å². The maximum absolute atomic E-state index is 5.70. The Hall–Kier alpha value is -1.38. The van der Waals surface area contributed by atoms with Gasteiger partial charge in [0.25, 0.3) is 0 Å². The van der Waals surface area contributed by atoms with Gasteiger partial charge in [0.2, 0.25) is 6.79 Å². The molecule has 1 heterocycles. The molecule has 0 unspecified atom stereocenters. The van der Waals surface area contributed by atoms with Gasteiger partial charge in [-0.05, 0) is 30.9 Å². The molecule has 3 nitrogen and oxygen atoms in total. The molecule has 0 atom stereocenters. The van der Waals surface area contributed by atoms with Crippen LogP contribution in [0.5, 0.6) is 17.2 Å². The highest BCUT2D eigenvalue weighted by molar-refractivity contribution is 5.46. The average Bonchev–Trinajstić information content (AvgIpc) is 2.62. The number of benzene rings is 1. The summed E-state index contributed by atoms with van der Waals surface area (Å²) in [6.07, 6.45) is 3.98. The number of rotatable bonds is 3. The van der Waals surface area contributed by atoms with Gasteiger partial charge in [-0.15, -0.1) is 0 Å². The van der Waals surface area contributed by atoms with Crippen molar-refractivity contribution in [3.8, 4) is 17.2 Å². The van der Waals surface area contributed by atoms with Gasteiger partial charge in [0.1, 0.15) is 5.75 Å². The fourth-order valence-electron chi connectivity index (χ4n) is 1.84. The van der Waals surface area contributed by atoms with E-state index >= 15 is 0 Å². The quantitative estimate of drug-likeness (QED) is 0.760. The van der Waals surface area contributed by atoms with Crippen LogP contribution in [0.15, 0.2) is 18.2 Å². The van der Waals surface area contributed by atoms with E-state index < -0.39 is 0 Å². The maximum Gasteiger partial charge on any atom is 0.231 e. The lowest BCUT2D eigenvalue weighted by molar-refractivity contribution is 0.172. The second-order valence-corrected chi connectivity index (χ2v) is 4.12. The standard InChI is InChI=1S/C12H14O3/c1-2-9(3-1)7-13-10-4-5-11-12(6-10)15-8-14-11/h4-6,9H,1-3,7-8H2. The average molecular weight is 206 g/mol. The van der Waals surface area contributed by atoms with Crippen LogP contribution < -0.4 is 14.2 Å². The summed E-state index contributed by atoms with van der Waals surface area (Å²) >= 11 is 0. The molecule has 2 aliphatic rings. The first-order valence-electron chi connectivity index (χ1n) is 5.44. The van der Waals surface area contributed by atoms with E-state index in [1.807, 2.05) is 18.2 Å². The fraction of sp³-hybridized carbons (Fsp3) is 0.500. The summed E-state index contributed by atoms with van der Waals surface area (Å²) in [5, 5.41) is 0. The van der Waals surface area contributed by atoms with E-state index in [9.17, 15) is 0 Å². The van der Waals surface area contributed by atoms with Gasteiger partial charge < -0.3 is 14.2 Å². The van der Waals surface area contributed by atoms with E-state index in [0.717, 1.165) is 29.8 Å². The van der Waals surface area contributed by atoms with Gasteiger partial charge in [0.05, 0.1) is 6.61 Å². The molecule has 0 amide bonds. The Balaban J connectivity index is 1.64. The summed E-state index contributed by atoms with van der Waals surface area (Å²) in [5.74, 6) is 3.24. The second-order valence-electron chi connectivity index (χ2n) is 4.12. The lowest BCUT2D eigenvalue weighted by Gasteiger charge is -2.25. The number of fused-ring (bicyclic) bond motifs is 1. The zero-order chi connectivity index (χ0) is 10.1. The van der Waals surface area contributed by atoms with Crippen molar-refractivity contribution in [2.45, 2.75) is 19.3 Å². The number of hydrogen-bond acceptors (Lipinski definition) is 3. The van der Waals surface area contributed by atoms with E-state index in [2.05, 4.69) is 0 Å². The van der Waals surface area contributed by atoms with Crippen molar-refractivity contribution in [1.29, 1.82) is 0 Å². The van der Waals surface area contributed by atoms with Gasteiger partial charge in [-0.2, -0.15) is 0 Å². The predicted molar refractivity (Wildman–Crippen MR) is 55.4 cm³/mol. The molecule has 1 aromatic rings. The molecule has 1 aromatic carbocycles. The molecule has 0 saturated heterocycles. The van der Waals surface area contributed by atoms with Crippen molar-refractivity contribution in [3.63, 3.8) is 0 Å². The van der Waals surface area contributed by atoms with Crippen LogP contribution in [0.2, 0.25) is 0 Å². The summed E-state index contributed by atoms with van der Waals surface area (Å²) in [7, 11) is 0. The van der Waals surface area contributed by atoms with E-state index in [1.165, 1.54) is 19.3 Å². The maximum atomic E-state index is 5.70. The molecule has 3 rings (SSSR count). The van der Waals surface area contributed by atoms with Crippen LogP contribution in [0.25, 0.3) is 0 Å². The van der Waals surface area contributed by atoms with E-state index in [-0.39, 0.29) is 0 Å². The van der Waals surface area contributed by atoms with Crippen LogP contribution in [0.3, 0.4) is 0 Å². The molecule has 0 spiro atoms. The third-order valence-electron chi connectivity index (χ3n) is 3.05. The Bertz CT molecular complexity index is 358. The Morgan fingerprint density at radius 2 is 2.07 bits per heavy atom. The van der Waals surface area contributed by atoms with Crippen molar-refractivity contribution < 1.29 is 14.2 Å². The fourth-order valence-corrected chi connectivity index (χ4v) is 1.84. The van der Waals surface area contributed by atoms with Crippen molar-refractivity contribution in [2.24, 2.45) is 5.92 Å². The molecule has 1 fully saturated rings. The topological polar surface area (TPSA) is 27.7 Å². The van der Waals surface area contributed by atoms with E-state index in [1.54, 1.807) is 0 Å². The van der Waals surface area contributed by atoms with E-state index in [0.29, 0.717) is 6.79 Å². The van der Waals surface area contributed by atoms with Gasteiger partial charge in [-0.25, -0.2) is 0 Å². The highest BCUT2D eigenvalue weighted by atomic mass is 16.7. The molecular weight excluding hydrogens is 192 g/mol. The molecule has 3 heteroatoms. The molecule has 1 saturated carbocycles. The Kier molecular flexibility index (Phi) is 2.16. The van der Waals surface area contributed by atoms with Gasteiger partial charge in [0, 0.05) is 6.07 Å². The van der Waals surface area contributed by atoms with Crippen LogP contribution in [-0.4, -0.2) is 13.4 Å². The molecule has 0 aromatic heterocycles. The van der Waals surface area contributed by atoms with Gasteiger partial charge in [-0.3, -0.25) is 0 Å². The zero-order valence-electron chi connectivity index (χ0n) is 8.57. The van der Waals surface area contributed by atoms with Gasteiger partial charge in [0.15, 0.2) is 11.5 Å². The predicted octanol–water partition coefficient (Wildman–Crippen LogP) is 2.59. The molecule has 0 N–H and O–H groups in total. The van der Waals surface area contributed by atoms with Crippen molar-refractivity contribution in [2.75, 3.05) is 13.4 Å². The molecule has 15 heavy (non-hydrogen) atoms. The molecule has 0 bridgehead atoms. The molecule has 0 radical (unpaired) electrons. The highest BCUT2D eigenvalue weighted by Crippen LogP contribution is 2.35. The van der Waals surface area contributed by atoms with Crippen LogP contribution in [0, 0.1) is 5.92 Å². The summed E-state index contributed by atoms with van der Waals surface area (Å²) in [6, 6.07) is 5.74.